The zero-order chi connectivity index (χ0) is 15.1. The molecule has 0 bridgehead atoms. The van der Waals surface area contributed by atoms with Crippen LogP contribution in [-0.4, -0.2) is 56.7 Å². The molecule has 0 aliphatic rings. The number of carbonyl (C=O) groups is 3. The van der Waals surface area contributed by atoms with Crippen LogP contribution >= 0.6 is 0 Å². The van der Waals surface area contributed by atoms with Crippen LogP contribution in [0.1, 0.15) is 13.8 Å². The van der Waals surface area contributed by atoms with Gasteiger partial charge < -0.3 is 15.3 Å². The molecule has 8 heteroatoms. The highest BCUT2D eigenvalue weighted by atomic mass is 16.4. The molecule has 0 saturated carbocycles. The summed E-state index contributed by atoms with van der Waals surface area (Å²) in [5, 5.41) is 15.5. The summed E-state index contributed by atoms with van der Waals surface area (Å²) in [6, 6.07) is 0.710. The maximum Gasteiger partial charge on any atom is 0.326 e. The Balaban J connectivity index is 2.67. The summed E-state index contributed by atoms with van der Waals surface area (Å²) >= 11 is 0. The minimum absolute atomic E-state index is 0.0370. The van der Waals surface area contributed by atoms with E-state index in [0.717, 1.165) is 0 Å². The van der Waals surface area contributed by atoms with Gasteiger partial charge in [-0.2, -0.15) is 5.10 Å². The van der Waals surface area contributed by atoms with E-state index in [-0.39, 0.29) is 31.4 Å². The normalized spacial score (nSPS) is 11.7. The van der Waals surface area contributed by atoms with E-state index >= 15 is 0 Å². The first-order valence-electron chi connectivity index (χ1n) is 6.16. The molecule has 1 atom stereocenters. The van der Waals surface area contributed by atoms with E-state index in [1.54, 1.807) is 12.3 Å². The number of aromatic nitrogens is 2. The molecule has 2 N–H and O–H groups in total. The summed E-state index contributed by atoms with van der Waals surface area (Å²) in [7, 11) is 0. The van der Waals surface area contributed by atoms with Crippen LogP contribution in [0.2, 0.25) is 0 Å². The molecule has 20 heavy (non-hydrogen) atoms. The smallest absolute Gasteiger partial charge is 0.326 e. The highest BCUT2D eigenvalue weighted by molar-refractivity contribution is 5.83. The summed E-state index contributed by atoms with van der Waals surface area (Å²) in [5.41, 5.74) is 0. The fourth-order valence-corrected chi connectivity index (χ4v) is 1.64. The summed E-state index contributed by atoms with van der Waals surface area (Å²) in [4.78, 5) is 35.2. The Labute approximate surface area is 116 Å². The number of rotatable bonds is 7. The minimum atomic E-state index is -1.10. The van der Waals surface area contributed by atoms with Gasteiger partial charge in [0.2, 0.25) is 11.8 Å². The molecular formula is C12H18N4O4. The summed E-state index contributed by atoms with van der Waals surface area (Å²) in [6.07, 6.45) is 3.16. The first kappa shape index (κ1) is 15.7. The molecule has 2 amide bonds. The van der Waals surface area contributed by atoms with E-state index in [0.29, 0.717) is 0 Å². The first-order chi connectivity index (χ1) is 9.41. The van der Waals surface area contributed by atoms with Gasteiger partial charge in [0, 0.05) is 32.4 Å². The molecule has 8 nitrogen and oxygen atoms in total. The fraction of sp³-hybridized carbons (Fsp3) is 0.500. The lowest BCUT2D eigenvalue weighted by atomic mass is 10.2. The second-order valence-corrected chi connectivity index (χ2v) is 4.29. The van der Waals surface area contributed by atoms with Crippen LogP contribution in [0, 0.1) is 0 Å². The van der Waals surface area contributed by atoms with Gasteiger partial charge in [0.25, 0.3) is 0 Å². The number of amides is 2. The molecule has 1 rings (SSSR count). The van der Waals surface area contributed by atoms with Crippen molar-refractivity contribution in [3.8, 4) is 0 Å². The van der Waals surface area contributed by atoms with Crippen LogP contribution in [-0.2, 0) is 20.9 Å². The van der Waals surface area contributed by atoms with Crippen LogP contribution in [0.4, 0.5) is 0 Å². The van der Waals surface area contributed by atoms with Crippen LogP contribution in [0.25, 0.3) is 0 Å². The van der Waals surface area contributed by atoms with Gasteiger partial charge in [-0.1, -0.05) is 0 Å². The van der Waals surface area contributed by atoms with Crippen molar-refractivity contribution >= 4 is 17.8 Å². The molecule has 0 aliphatic heterocycles. The van der Waals surface area contributed by atoms with E-state index in [1.165, 1.54) is 29.6 Å². The Hall–Kier alpha value is -2.38. The van der Waals surface area contributed by atoms with Crippen molar-refractivity contribution in [1.82, 2.24) is 20.0 Å². The lowest BCUT2D eigenvalue weighted by Gasteiger charge is -2.26. The van der Waals surface area contributed by atoms with Crippen molar-refractivity contribution < 1.29 is 19.5 Å². The number of carbonyl (C=O) groups excluding carboxylic acids is 2. The van der Waals surface area contributed by atoms with Crippen molar-refractivity contribution in [2.75, 3.05) is 13.1 Å². The van der Waals surface area contributed by atoms with Crippen LogP contribution in [0.3, 0.4) is 0 Å². The average molecular weight is 282 g/mol. The van der Waals surface area contributed by atoms with Crippen molar-refractivity contribution in [2.45, 2.75) is 26.4 Å². The van der Waals surface area contributed by atoms with Crippen LogP contribution in [0.5, 0.6) is 0 Å². The third-order valence-electron chi connectivity index (χ3n) is 2.73. The van der Waals surface area contributed by atoms with Gasteiger partial charge in [-0.3, -0.25) is 14.3 Å². The number of carboxylic acid groups (broad SMARTS) is 1. The minimum Gasteiger partial charge on any atom is -0.480 e. The summed E-state index contributed by atoms with van der Waals surface area (Å²) in [6.45, 7) is 3.09. The number of hydrogen-bond donors (Lipinski definition) is 2. The number of nitrogens with one attached hydrogen (secondary N) is 1. The second-order valence-electron chi connectivity index (χ2n) is 4.29. The lowest BCUT2D eigenvalue weighted by Crippen LogP contribution is -2.47. The Morgan fingerprint density at radius 3 is 2.65 bits per heavy atom. The van der Waals surface area contributed by atoms with Crippen LogP contribution < -0.4 is 5.32 Å². The zero-order valence-electron chi connectivity index (χ0n) is 11.4. The van der Waals surface area contributed by atoms with E-state index in [2.05, 4.69) is 10.4 Å². The van der Waals surface area contributed by atoms with Gasteiger partial charge in [-0.25, -0.2) is 4.79 Å². The Kier molecular flexibility index (Phi) is 5.70. The molecule has 0 saturated heterocycles. The molecule has 1 unspecified atom stereocenters. The lowest BCUT2D eigenvalue weighted by molar-refractivity contribution is -0.149. The molecule has 1 aromatic heterocycles. The molecule has 0 aliphatic carbocycles. The van der Waals surface area contributed by atoms with Gasteiger partial charge in [0.05, 0.1) is 0 Å². The standard InChI is InChI=1S/C12H18N4O4/c1-9(12(19)20)16(7-5-13-10(2)17)11(18)8-15-6-3-4-14-15/h3-4,6,9H,5,7-8H2,1-2H3,(H,13,17)(H,19,20). The highest BCUT2D eigenvalue weighted by Crippen LogP contribution is 2.02. The molecule has 0 aromatic carbocycles. The Bertz CT molecular complexity index is 472. The predicted molar refractivity (Wildman–Crippen MR) is 69.7 cm³/mol. The van der Waals surface area contributed by atoms with Crippen molar-refractivity contribution in [1.29, 1.82) is 0 Å². The van der Waals surface area contributed by atoms with Crippen molar-refractivity contribution in [2.24, 2.45) is 0 Å². The first-order valence-corrected chi connectivity index (χ1v) is 6.16. The van der Waals surface area contributed by atoms with Gasteiger partial charge in [0.1, 0.15) is 12.6 Å². The van der Waals surface area contributed by atoms with Gasteiger partial charge in [0.15, 0.2) is 0 Å². The van der Waals surface area contributed by atoms with E-state index in [4.69, 9.17) is 5.11 Å². The SMILES string of the molecule is CC(=O)NCCN(C(=O)Cn1cccn1)C(C)C(=O)O. The Morgan fingerprint density at radius 1 is 1.45 bits per heavy atom. The third kappa shape index (κ3) is 4.71. The predicted octanol–water partition coefficient (Wildman–Crippen LogP) is -0.679. The maximum atomic E-state index is 12.1. The van der Waals surface area contributed by atoms with Gasteiger partial charge in [-0.15, -0.1) is 0 Å². The van der Waals surface area contributed by atoms with Gasteiger partial charge >= 0.3 is 5.97 Å². The quantitative estimate of drug-likeness (QED) is 0.689. The third-order valence-corrected chi connectivity index (χ3v) is 2.73. The molecule has 0 spiro atoms. The number of aliphatic carboxylic acids is 1. The van der Waals surface area contributed by atoms with Crippen LogP contribution in [0.15, 0.2) is 18.5 Å². The summed E-state index contributed by atoms with van der Waals surface area (Å²) in [5.74, 6) is -1.69. The van der Waals surface area contributed by atoms with Gasteiger partial charge in [-0.05, 0) is 13.0 Å². The van der Waals surface area contributed by atoms with E-state index in [1.807, 2.05) is 0 Å². The fourth-order valence-electron chi connectivity index (χ4n) is 1.64. The molecule has 110 valence electrons. The monoisotopic (exact) mass is 282 g/mol. The maximum absolute atomic E-state index is 12.1. The summed E-state index contributed by atoms with van der Waals surface area (Å²) < 4.78 is 1.42. The average Bonchev–Trinajstić information content (AvgIpc) is 2.86. The highest BCUT2D eigenvalue weighted by Gasteiger charge is 2.25. The molecule has 1 heterocycles. The zero-order valence-corrected chi connectivity index (χ0v) is 11.4. The largest absolute Gasteiger partial charge is 0.480 e. The molecular weight excluding hydrogens is 264 g/mol. The topological polar surface area (TPSA) is 105 Å². The number of hydrogen-bond acceptors (Lipinski definition) is 4. The molecule has 0 fully saturated rings. The van der Waals surface area contributed by atoms with E-state index < -0.39 is 12.0 Å². The Morgan fingerprint density at radius 2 is 2.15 bits per heavy atom. The second kappa shape index (κ2) is 7.27. The molecule has 0 radical (unpaired) electrons. The van der Waals surface area contributed by atoms with E-state index in [9.17, 15) is 14.4 Å². The number of nitrogens with zero attached hydrogens (tertiary/aromatic N) is 3. The van der Waals surface area contributed by atoms with Crippen molar-refractivity contribution in [3.63, 3.8) is 0 Å². The number of carboxylic acids is 1. The molecule has 1 aromatic rings. The van der Waals surface area contributed by atoms with Crippen molar-refractivity contribution in [3.05, 3.63) is 18.5 Å².